The molecule has 0 aromatic carbocycles. The summed E-state index contributed by atoms with van der Waals surface area (Å²) in [7, 11) is 1.73. The number of methoxy groups -OCH3 is 1. The van der Waals surface area contributed by atoms with E-state index in [1.165, 1.54) is 0 Å². The molecule has 0 aliphatic carbocycles. The first kappa shape index (κ1) is 11.5. The molecule has 5 heteroatoms. The van der Waals surface area contributed by atoms with Crippen LogP contribution < -0.4 is 5.32 Å². The van der Waals surface area contributed by atoms with E-state index in [1.54, 1.807) is 7.11 Å². The lowest BCUT2D eigenvalue weighted by Gasteiger charge is -2.29. The predicted octanol–water partition coefficient (Wildman–Crippen LogP) is 1.21. The first-order valence-electron chi connectivity index (χ1n) is 5.84. The van der Waals surface area contributed by atoms with Crippen molar-refractivity contribution in [3.8, 4) is 0 Å². The highest BCUT2D eigenvalue weighted by Crippen LogP contribution is 2.29. The number of nitrogens with zero attached hydrogens (tertiary/aromatic N) is 3. The zero-order chi connectivity index (χ0) is 11.8. The molecule has 2 atom stereocenters. The molecule has 90 valence electrons. The summed E-state index contributed by atoms with van der Waals surface area (Å²) in [4.78, 5) is 0. The maximum absolute atomic E-state index is 5.59. The molecule has 2 unspecified atom stereocenters. The van der Waals surface area contributed by atoms with E-state index < -0.39 is 0 Å². The van der Waals surface area contributed by atoms with Crippen LogP contribution in [0.5, 0.6) is 0 Å². The lowest BCUT2D eigenvalue weighted by molar-refractivity contribution is -0.0125. The van der Waals surface area contributed by atoms with Crippen molar-refractivity contribution in [1.82, 2.24) is 20.1 Å². The standard InChI is InChI=1S/C11H20N4O/c1-5-11(3,16-4)10-14-13-9-8(2)12-6-7-15(9)10/h8,12H,5-7H2,1-4H3. The molecular weight excluding hydrogens is 204 g/mol. The predicted molar refractivity (Wildman–Crippen MR) is 61.1 cm³/mol. The van der Waals surface area contributed by atoms with E-state index in [9.17, 15) is 0 Å². The fraction of sp³-hybridized carbons (Fsp3) is 0.818. The van der Waals surface area contributed by atoms with E-state index in [1.807, 2.05) is 0 Å². The van der Waals surface area contributed by atoms with Gasteiger partial charge >= 0.3 is 0 Å². The van der Waals surface area contributed by atoms with Crippen LogP contribution in [0.1, 0.15) is 44.9 Å². The van der Waals surface area contributed by atoms with Gasteiger partial charge in [0.2, 0.25) is 0 Å². The lowest BCUT2D eigenvalue weighted by Crippen LogP contribution is -2.36. The zero-order valence-electron chi connectivity index (χ0n) is 10.4. The first-order chi connectivity index (χ1) is 7.62. The molecule has 1 aliphatic heterocycles. The highest BCUT2D eigenvalue weighted by Gasteiger charge is 2.33. The smallest absolute Gasteiger partial charge is 0.165 e. The molecule has 0 spiro atoms. The van der Waals surface area contributed by atoms with Crippen molar-refractivity contribution < 1.29 is 4.74 Å². The van der Waals surface area contributed by atoms with Gasteiger partial charge in [-0.2, -0.15) is 0 Å². The number of fused-ring (bicyclic) bond motifs is 1. The average Bonchev–Trinajstić information content (AvgIpc) is 2.74. The van der Waals surface area contributed by atoms with E-state index in [0.29, 0.717) is 0 Å². The second-order valence-electron chi connectivity index (χ2n) is 4.50. The second kappa shape index (κ2) is 4.14. The third-order valence-electron chi connectivity index (χ3n) is 3.55. The normalized spacial score (nSPS) is 23.9. The Hall–Kier alpha value is -0.940. The van der Waals surface area contributed by atoms with Crippen molar-refractivity contribution in [3.05, 3.63) is 11.6 Å². The number of aromatic nitrogens is 3. The van der Waals surface area contributed by atoms with Crippen LogP contribution in [-0.2, 0) is 16.9 Å². The molecule has 2 rings (SSSR count). The van der Waals surface area contributed by atoms with Crippen LogP contribution in [0.4, 0.5) is 0 Å². The summed E-state index contributed by atoms with van der Waals surface area (Å²) >= 11 is 0. The molecule has 1 N–H and O–H groups in total. The molecule has 0 radical (unpaired) electrons. The largest absolute Gasteiger partial charge is 0.371 e. The van der Waals surface area contributed by atoms with Gasteiger partial charge in [-0.25, -0.2) is 0 Å². The van der Waals surface area contributed by atoms with Crippen LogP contribution >= 0.6 is 0 Å². The molecule has 1 aromatic rings. The molecular formula is C11H20N4O. The number of rotatable bonds is 3. The number of ether oxygens (including phenoxy) is 1. The minimum atomic E-state index is -0.331. The fourth-order valence-corrected chi connectivity index (χ4v) is 2.13. The Labute approximate surface area is 96.2 Å². The Kier molecular flexibility index (Phi) is 2.99. The zero-order valence-corrected chi connectivity index (χ0v) is 10.4. The Bertz CT molecular complexity index is 370. The van der Waals surface area contributed by atoms with E-state index in [0.717, 1.165) is 31.2 Å². The minimum Gasteiger partial charge on any atom is -0.371 e. The van der Waals surface area contributed by atoms with Crippen LogP contribution in [0, 0.1) is 0 Å². The number of hydrogen-bond donors (Lipinski definition) is 1. The molecule has 0 fully saturated rings. The van der Waals surface area contributed by atoms with E-state index in [2.05, 4.69) is 40.9 Å². The summed E-state index contributed by atoms with van der Waals surface area (Å²) in [5.41, 5.74) is -0.331. The molecule has 5 nitrogen and oxygen atoms in total. The van der Waals surface area contributed by atoms with Crippen LogP contribution in [0.2, 0.25) is 0 Å². The van der Waals surface area contributed by atoms with Gasteiger partial charge < -0.3 is 14.6 Å². The second-order valence-corrected chi connectivity index (χ2v) is 4.50. The number of nitrogens with one attached hydrogen (secondary N) is 1. The van der Waals surface area contributed by atoms with Gasteiger partial charge in [-0.3, -0.25) is 0 Å². The highest BCUT2D eigenvalue weighted by molar-refractivity contribution is 5.09. The van der Waals surface area contributed by atoms with Gasteiger partial charge in [-0.05, 0) is 20.3 Å². The molecule has 16 heavy (non-hydrogen) atoms. The van der Waals surface area contributed by atoms with Crippen molar-refractivity contribution in [2.45, 2.75) is 45.4 Å². The van der Waals surface area contributed by atoms with Crippen molar-refractivity contribution in [2.24, 2.45) is 0 Å². The first-order valence-corrected chi connectivity index (χ1v) is 5.84. The van der Waals surface area contributed by atoms with Gasteiger partial charge in [0, 0.05) is 20.2 Å². The molecule has 0 saturated heterocycles. The molecule has 1 aliphatic rings. The summed E-state index contributed by atoms with van der Waals surface area (Å²) in [6, 6.07) is 0.271. The van der Waals surface area contributed by atoms with E-state index >= 15 is 0 Å². The van der Waals surface area contributed by atoms with E-state index in [-0.39, 0.29) is 11.6 Å². The Morgan fingerprint density at radius 3 is 2.94 bits per heavy atom. The molecule has 0 amide bonds. The van der Waals surface area contributed by atoms with Crippen molar-refractivity contribution >= 4 is 0 Å². The summed E-state index contributed by atoms with van der Waals surface area (Å²) in [6.07, 6.45) is 0.892. The van der Waals surface area contributed by atoms with Crippen LogP contribution in [-0.4, -0.2) is 28.4 Å². The summed E-state index contributed by atoms with van der Waals surface area (Å²) in [6.45, 7) is 8.16. The van der Waals surface area contributed by atoms with Gasteiger partial charge in [0.15, 0.2) is 5.82 Å². The summed E-state index contributed by atoms with van der Waals surface area (Å²) in [5.74, 6) is 1.96. The van der Waals surface area contributed by atoms with Gasteiger partial charge in [-0.15, -0.1) is 10.2 Å². The van der Waals surface area contributed by atoms with E-state index in [4.69, 9.17) is 4.74 Å². The van der Waals surface area contributed by atoms with Crippen LogP contribution in [0.25, 0.3) is 0 Å². The summed E-state index contributed by atoms with van der Waals surface area (Å²) < 4.78 is 7.78. The van der Waals surface area contributed by atoms with Gasteiger partial charge in [-0.1, -0.05) is 6.92 Å². The van der Waals surface area contributed by atoms with Crippen molar-refractivity contribution in [1.29, 1.82) is 0 Å². The van der Waals surface area contributed by atoms with Crippen LogP contribution in [0.15, 0.2) is 0 Å². The van der Waals surface area contributed by atoms with Crippen molar-refractivity contribution in [2.75, 3.05) is 13.7 Å². The Morgan fingerprint density at radius 2 is 2.31 bits per heavy atom. The molecule has 2 heterocycles. The molecule has 0 saturated carbocycles. The third kappa shape index (κ3) is 1.64. The third-order valence-corrected chi connectivity index (χ3v) is 3.55. The Balaban J connectivity index is 2.43. The molecule has 0 bridgehead atoms. The highest BCUT2D eigenvalue weighted by atomic mass is 16.5. The van der Waals surface area contributed by atoms with Gasteiger partial charge in [0.05, 0.1) is 6.04 Å². The van der Waals surface area contributed by atoms with Gasteiger partial charge in [0.1, 0.15) is 11.4 Å². The van der Waals surface area contributed by atoms with Crippen molar-refractivity contribution in [3.63, 3.8) is 0 Å². The van der Waals surface area contributed by atoms with Crippen LogP contribution in [0.3, 0.4) is 0 Å². The quantitative estimate of drug-likeness (QED) is 0.838. The monoisotopic (exact) mass is 224 g/mol. The Morgan fingerprint density at radius 1 is 1.56 bits per heavy atom. The average molecular weight is 224 g/mol. The maximum atomic E-state index is 5.59. The fourth-order valence-electron chi connectivity index (χ4n) is 2.13. The summed E-state index contributed by atoms with van der Waals surface area (Å²) in [5, 5.41) is 12.0. The molecule has 1 aromatic heterocycles. The minimum absolute atomic E-state index is 0.271. The lowest BCUT2D eigenvalue weighted by atomic mass is 10.0. The number of hydrogen-bond acceptors (Lipinski definition) is 4. The van der Waals surface area contributed by atoms with Gasteiger partial charge in [0.25, 0.3) is 0 Å². The SMILES string of the molecule is CCC(C)(OC)c1nnc2n1CCNC2C. The maximum Gasteiger partial charge on any atom is 0.165 e. The topological polar surface area (TPSA) is 52.0 Å².